The van der Waals surface area contributed by atoms with Crippen LogP contribution in [0.1, 0.15) is 22.8 Å². The molecule has 0 bridgehead atoms. The van der Waals surface area contributed by atoms with E-state index in [0.29, 0.717) is 23.6 Å². The van der Waals surface area contributed by atoms with Gasteiger partial charge in [0.1, 0.15) is 0 Å². The summed E-state index contributed by atoms with van der Waals surface area (Å²) < 4.78 is 11.0. The van der Waals surface area contributed by atoms with Gasteiger partial charge in [0.05, 0.1) is 24.4 Å². The Balaban J connectivity index is 1.79. The number of amides is 1. The van der Waals surface area contributed by atoms with E-state index in [1.54, 1.807) is 26.2 Å². The summed E-state index contributed by atoms with van der Waals surface area (Å²) in [5.74, 6) is 0.984. The highest BCUT2D eigenvalue weighted by Crippen LogP contribution is 2.40. The molecule has 2 aliphatic heterocycles. The second-order valence-electron chi connectivity index (χ2n) is 6.25. The van der Waals surface area contributed by atoms with Crippen LogP contribution in [0.4, 0.5) is 11.4 Å². The van der Waals surface area contributed by atoms with E-state index in [0.717, 1.165) is 17.8 Å². The van der Waals surface area contributed by atoms with E-state index >= 15 is 0 Å². The lowest BCUT2D eigenvalue weighted by molar-refractivity contribution is 0.0983. The highest BCUT2D eigenvalue weighted by molar-refractivity contribution is 6.19. The first-order valence-corrected chi connectivity index (χ1v) is 8.70. The van der Waals surface area contributed by atoms with Gasteiger partial charge < -0.3 is 19.7 Å². The molecule has 1 unspecified atom stereocenters. The number of carbonyl (C=O) groups excluding carboxylic acids is 1. The summed E-state index contributed by atoms with van der Waals surface area (Å²) >= 11 is 5.95. The summed E-state index contributed by atoms with van der Waals surface area (Å²) in [6.45, 7) is 2.41. The van der Waals surface area contributed by atoms with Crippen molar-refractivity contribution in [1.29, 1.82) is 0 Å². The van der Waals surface area contributed by atoms with Crippen molar-refractivity contribution in [2.45, 2.75) is 24.9 Å². The van der Waals surface area contributed by atoms with E-state index in [-0.39, 0.29) is 11.9 Å². The molecule has 0 aromatic heterocycles. The maximum absolute atomic E-state index is 13.2. The molecular formula is C19H19ClN2O3. The number of alkyl halides is 1. The van der Waals surface area contributed by atoms with Crippen molar-refractivity contribution >= 4 is 28.9 Å². The maximum atomic E-state index is 13.2. The fourth-order valence-corrected chi connectivity index (χ4v) is 3.66. The molecule has 0 spiro atoms. The van der Waals surface area contributed by atoms with Gasteiger partial charge in [-0.3, -0.25) is 4.79 Å². The number of rotatable bonds is 3. The molecule has 130 valence electrons. The number of methoxy groups -OCH3 is 1. The summed E-state index contributed by atoms with van der Waals surface area (Å²) in [5.41, 5.74) is 3.01. The van der Waals surface area contributed by atoms with E-state index in [9.17, 15) is 4.79 Å². The molecule has 25 heavy (non-hydrogen) atoms. The molecule has 2 aromatic rings. The number of hydrogen-bond donors (Lipinski definition) is 1. The third-order valence-corrected chi connectivity index (χ3v) is 4.73. The van der Waals surface area contributed by atoms with Crippen molar-refractivity contribution in [3.8, 4) is 11.5 Å². The summed E-state index contributed by atoms with van der Waals surface area (Å²) in [6, 6.07) is 11.7. The lowest BCUT2D eigenvalue weighted by Gasteiger charge is -2.22. The number of fused-ring (bicyclic) bond motifs is 4. The third kappa shape index (κ3) is 2.68. The zero-order valence-corrected chi connectivity index (χ0v) is 14.8. The van der Waals surface area contributed by atoms with Gasteiger partial charge in [0.25, 0.3) is 5.91 Å². The minimum absolute atomic E-state index is 0.0290. The Hall–Kier alpha value is -2.40. The van der Waals surface area contributed by atoms with Crippen molar-refractivity contribution in [2.75, 3.05) is 23.9 Å². The lowest BCUT2D eigenvalue weighted by Crippen LogP contribution is -2.39. The quantitative estimate of drug-likeness (QED) is 0.851. The first-order chi connectivity index (χ1) is 12.1. The van der Waals surface area contributed by atoms with Crippen LogP contribution in [-0.2, 0) is 6.42 Å². The number of para-hydroxylation sites is 1. The smallest absolute Gasteiger partial charge is 0.260 e. The molecule has 0 radical (unpaired) electrons. The minimum atomic E-state index is -0.497. The molecule has 1 N–H and O–H groups in total. The Bertz CT molecular complexity index is 837. The maximum Gasteiger partial charge on any atom is 0.260 e. The van der Waals surface area contributed by atoms with Gasteiger partial charge in [-0.15, -0.1) is 0 Å². The molecule has 5 nitrogen and oxygen atoms in total. The summed E-state index contributed by atoms with van der Waals surface area (Å²) in [6.07, 6.45) is 0.849. The molecule has 2 atom stereocenters. The summed E-state index contributed by atoms with van der Waals surface area (Å²) in [7, 11) is 1.55. The zero-order valence-electron chi connectivity index (χ0n) is 14.1. The summed E-state index contributed by atoms with van der Waals surface area (Å²) in [5, 5.41) is 3.39. The molecule has 2 aromatic carbocycles. The van der Waals surface area contributed by atoms with Crippen LogP contribution in [0.25, 0.3) is 0 Å². The van der Waals surface area contributed by atoms with E-state index in [1.165, 1.54) is 5.56 Å². The first kappa shape index (κ1) is 16.1. The van der Waals surface area contributed by atoms with Crippen LogP contribution < -0.4 is 19.7 Å². The molecule has 1 amide bonds. The highest BCUT2D eigenvalue weighted by Gasteiger charge is 2.37. The first-order valence-electron chi connectivity index (χ1n) is 8.26. The topological polar surface area (TPSA) is 50.8 Å². The molecule has 0 saturated heterocycles. The highest BCUT2D eigenvalue weighted by atomic mass is 35.5. The largest absolute Gasteiger partial charge is 0.493 e. The Labute approximate surface area is 151 Å². The van der Waals surface area contributed by atoms with Crippen molar-refractivity contribution in [3.05, 3.63) is 47.5 Å². The van der Waals surface area contributed by atoms with Crippen LogP contribution in [-0.4, -0.2) is 31.2 Å². The second kappa shape index (κ2) is 6.15. The molecule has 4 rings (SSSR count). The van der Waals surface area contributed by atoms with Gasteiger partial charge in [-0.25, -0.2) is 0 Å². The van der Waals surface area contributed by atoms with Crippen molar-refractivity contribution in [3.63, 3.8) is 0 Å². The van der Waals surface area contributed by atoms with E-state index < -0.39 is 5.56 Å². The van der Waals surface area contributed by atoms with Gasteiger partial charge >= 0.3 is 0 Å². The fraction of sp³-hybridized carbons (Fsp3) is 0.316. The van der Waals surface area contributed by atoms with Gasteiger partial charge in [0.2, 0.25) is 0 Å². The Morgan fingerprint density at radius 3 is 2.84 bits per heavy atom. The lowest BCUT2D eigenvalue weighted by atomic mass is 10.1. The van der Waals surface area contributed by atoms with Crippen LogP contribution in [0.5, 0.6) is 11.5 Å². The molecule has 2 aliphatic rings. The number of carbonyl (C=O) groups is 1. The molecule has 0 fully saturated rings. The van der Waals surface area contributed by atoms with Gasteiger partial charge in [0, 0.05) is 18.3 Å². The van der Waals surface area contributed by atoms with Crippen LogP contribution >= 0.6 is 11.6 Å². The van der Waals surface area contributed by atoms with Crippen LogP contribution in [0.3, 0.4) is 0 Å². The fourth-order valence-electron chi connectivity index (χ4n) is 3.57. The number of benzene rings is 2. The molecule has 2 heterocycles. The Kier molecular flexibility index (Phi) is 3.96. The molecular weight excluding hydrogens is 340 g/mol. The van der Waals surface area contributed by atoms with Crippen LogP contribution in [0.2, 0.25) is 0 Å². The monoisotopic (exact) mass is 358 g/mol. The summed E-state index contributed by atoms with van der Waals surface area (Å²) in [4.78, 5) is 15.1. The van der Waals surface area contributed by atoms with Gasteiger partial charge in [-0.2, -0.15) is 0 Å². The molecule has 0 aliphatic carbocycles. The van der Waals surface area contributed by atoms with Crippen molar-refractivity contribution in [1.82, 2.24) is 0 Å². The van der Waals surface area contributed by atoms with E-state index in [4.69, 9.17) is 21.1 Å². The van der Waals surface area contributed by atoms with E-state index in [1.807, 2.05) is 23.1 Å². The number of halogens is 1. The van der Waals surface area contributed by atoms with Gasteiger partial charge in [0.15, 0.2) is 17.1 Å². The van der Waals surface area contributed by atoms with E-state index in [2.05, 4.69) is 11.4 Å². The number of nitrogens with one attached hydrogen (secondary N) is 1. The Morgan fingerprint density at radius 2 is 2.08 bits per heavy atom. The average Bonchev–Trinajstić information content (AvgIpc) is 2.91. The average molecular weight is 359 g/mol. The normalized spacial score (nSPS) is 19.2. The Morgan fingerprint density at radius 1 is 1.28 bits per heavy atom. The molecule has 6 heteroatoms. The van der Waals surface area contributed by atoms with Crippen molar-refractivity contribution < 1.29 is 14.3 Å². The predicted molar refractivity (Wildman–Crippen MR) is 98.2 cm³/mol. The third-order valence-electron chi connectivity index (χ3n) is 4.64. The predicted octanol–water partition coefficient (Wildman–Crippen LogP) is 3.66. The van der Waals surface area contributed by atoms with Gasteiger partial charge in [-0.1, -0.05) is 29.8 Å². The number of ether oxygens (including phenoxy) is 2. The number of nitrogens with zero attached hydrogens (tertiary/aromatic N) is 1. The number of hydrogen-bond acceptors (Lipinski definition) is 4. The SMILES string of the molecule is COc1cc2c(cc1OC(C)Cl)NC[C@@H]1Cc3ccccc3N1C2=O. The van der Waals surface area contributed by atoms with Crippen molar-refractivity contribution in [2.24, 2.45) is 0 Å². The molecule has 0 saturated carbocycles. The van der Waals surface area contributed by atoms with Gasteiger partial charge in [-0.05, 0) is 31.0 Å². The van der Waals surface area contributed by atoms with Crippen LogP contribution in [0.15, 0.2) is 36.4 Å². The standard InChI is InChI=1S/C19H19ClN2O3/c1-11(20)25-18-9-15-14(8-17(18)24-2)19(23)22-13(10-21-15)7-12-5-3-4-6-16(12)22/h3-6,8-9,11,13,21H,7,10H2,1-2H3/t11?,13-/m0/s1. The second-order valence-corrected chi connectivity index (χ2v) is 6.87. The minimum Gasteiger partial charge on any atom is -0.493 e. The zero-order chi connectivity index (χ0) is 17.6. The van der Waals surface area contributed by atoms with Crippen LogP contribution in [0, 0.1) is 0 Å². The number of anilines is 2.